The summed E-state index contributed by atoms with van der Waals surface area (Å²) in [5.41, 5.74) is 3.55. The van der Waals surface area contributed by atoms with E-state index in [2.05, 4.69) is 52.9 Å². The number of nitrogens with zero attached hydrogens (tertiary/aromatic N) is 1. The topological polar surface area (TPSA) is 45.6 Å². The zero-order chi connectivity index (χ0) is 16.5. The first-order chi connectivity index (χ1) is 11.2. The Morgan fingerprint density at radius 2 is 1.75 bits per heavy atom. The van der Waals surface area contributed by atoms with Crippen LogP contribution in [0.1, 0.15) is 23.6 Å². The molecule has 4 nitrogen and oxygen atoms in total. The summed E-state index contributed by atoms with van der Waals surface area (Å²) < 4.78 is 5.71. The molecule has 2 N–H and O–H groups in total. The Hall–Kier alpha value is -1.76. The number of rotatable bonds is 6. The van der Waals surface area contributed by atoms with E-state index < -0.39 is 0 Å². The van der Waals surface area contributed by atoms with Gasteiger partial charge in [0.25, 0.3) is 0 Å². The molecule has 0 atom stereocenters. The standard InChI is InChI=1S/C19H25N3O.HI/c1-4-23-18-12-15(2)10-11-17(18)14-22-19(20-3)21-13-16-8-6-5-7-9-16;/h5-12H,4,13-14H2,1-3H3,(H2,20,21,22);1H. The maximum absolute atomic E-state index is 5.71. The highest BCUT2D eigenvalue weighted by Gasteiger charge is 2.05. The Morgan fingerprint density at radius 1 is 1.04 bits per heavy atom. The van der Waals surface area contributed by atoms with Crippen molar-refractivity contribution in [1.29, 1.82) is 0 Å². The molecule has 0 saturated carbocycles. The predicted octanol–water partition coefficient (Wildman–Crippen LogP) is 3.88. The number of ether oxygens (including phenoxy) is 1. The van der Waals surface area contributed by atoms with Gasteiger partial charge in [0.2, 0.25) is 0 Å². The molecule has 5 heteroatoms. The number of halogens is 1. The van der Waals surface area contributed by atoms with Crippen molar-refractivity contribution in [2.45, 2.75) is 26.9 Å². The van der Waals surface area contributed by atoms with Crippen LogP contribution in [-0.4, -0.2) is 19.6 Å². The van der Waals surface area contributed by atoms with Crippen LogP contribution in [0.15, 0.2) is 53.5 Å². The number of benzene rings is 2. The highest BCUT2D eigenvalue weighted by atomic mass is 127. The second-order valence-corrected chi connectivity index (χ2v) is 5.31. The SMILES string of the molecule is CCOc1cc(C)ccc1CNC(=NC)NCc1ccccc1.I. The fourth-order valence-electron chi connectivity index (χ4n) is 2.28. The van der Waals surface area contributed by atoms with Gasteiger partial charge in [-0.3, -0.25) is 4.99 Å². The summed E-state index contributed by atoms with van der Waals surface area (Å²) in [4.78, 5) is 4.26. The maximum Gasteiger partial charge on any atom is 0.191 e. The quantitative estimate of drug-likeness (QED) is 0.408. The second-order valence-electron chi connectivity index (χ2n) is 5.31. The summed E-state index contributed by atoms with van der Waals surface area (Å²) in [5, 5.41) is 6.65. The largest absolute Gasteiger partial charge is 0.494 e. The minimum Gasteiger partial charge on any atom is -0.494 e. The number of guanidine groups is 1. The molecule has 0 spiro atoms. The van der Waals surface area contributed by atoms with E-state index in [1.807, 2.05) is 25.1 Å². The van der Waals surface area contributed by atoms with E-state index in [4.69, 9.17) is 4.74 Å². The van der Waals surface area contributed by atoms with Gasteiger partial charge >= 0.3 is 0 Å². The number of aryl methyl sites for hydroxylation is 1. The van der Waals surface area contributed by atoms with E-state index in [1.54, 1.807) is 7.05 Å². The van der Waals surface area contributed by atoms with E-state index in [-0.39, 0.29) is 24.0 Å². The molecule has 24 heavy (non-hydrogen) atoms. The summed E-state index contributed by atoms with van der Waals surface area (Å²) in [6.07, 6.45) is 0. The van der Waals surface area contributed by atoms with E-state index in [1.165, 1.54) is 11.1 Å². The molecule has 0 amide bonds. The number of hydrogen-bond acceptors (Lipinski definition) is 2. The van der Waals surface area contributed by atoms with Gasteiger partial charge in [-0.1, -0.05) is 42.5 Å². The van der Waals surface area contributed by atoms with Gasteiger partial charge in [0.15, 0.2) is 5.96 Å². The van der Waals surface area contributed by atoms with Gasteiger partial charge in [-0.05, 0) is 31.0 Å². The Morgan fingerprint density at radius 3 is 2.42 bits per heavy atom. The summed E-state index contributed by atoms with van der Waals surface area (Å²) >= 11 is 0. The van der Waals surface area contributed by atoms with Crippen LogP contribution in [0, 0.1) is 6.92 Å². The molecule has 0 fully saturated rings. The zero-order valence-corrected chi connectivity index (χ0v) is 16.8. The van der Waals surface area contributed by atoms with Gasteiger partial charge in [0.1, 0.15) is 5.75 Å². The number of aliphatic imine (C=N–C) groups is 1. The average Bonchev–Trinajstić information content (AvgIpc) is 2.58. The van der Waals surface area contributed by atoms with Crippen LogP contribution in [-0.2, 0) is 13.1 Å². The van der Waals surface area contributed by atoms with Crippen molar-refractivity contribution in [3.05, 3.63) is 65.2 Å². The minimum atomic E-state index is 0. The summed E-state index contributed by atoms with van der Waals surface area (Å²) in [6, 6.07) is 16.5. The Balaban J connectivity index is 0.00000288. The maximum atomic E-state index is 5.71. The first-order valence-electron chi connectivity index (χ1n) is 7.93. The van der Waals surface area contributed by atoms with Crippen LogP contribution in [0.5, 0.6) is 5.75 Å². The Labute approximate surface area is 161 Å². The number of hydrogen-bond donors (Lipinski definition) is 2. The van der Waals surface area contributed by atoms with Gasteiger partial charge in [0.05, 0.1) is 6.61 Å². The van der Waals surface area contributed by atoms with Crippen molar-refractivity contribution in [3.63, 3.8) is 0 Å². The normalized spacial score (nSPS) is 10.7. The average molecular weight is 439 g/mol. The van der Waals surface area contributed by atoms with Crippen LogP contribution >= 0.6 is 24.0 Å². The number of nitrogens with one attached hydrogen (secondary N) is 2. The molecule has 0 aliphatic carbocycles. The lowest BCUT2D eigenvalue weighted by molar-refractivity contribution is 0.336. The van der Waals surface area contributed by atoms with Crippen molar-refractivity contribution < 1.29 is 4.74 Å². The van der Waals surface area contributed by atoms with E-state index in [9.17, 15) is 0 Å². The van der Waals surface area contributed by atoms with Crippen molar-refractivity contribution in [2.75, 3.05) is 13.7 Å². The molecule has 2 rings (SSSR count). The molecular formula is C19H26IN3O. The highest BCUT2D eigenvalue weighted by molar-refractivity contribution is 14.0. The van der Waals surface area contributed by atoms with Crippen molar-refractivity contribution >= 4 is 29.9 Å². The molecule has 2 aromatic rings. The molecule has 0 bridgehead atoms. The molecule has 0 aliphatic rings. The van der Waals surface area contributed by atoms with E-state index >= 15 is 0 Å². The van der Waals surface area contributed by atoms with E-state index in [0.717, 1.165) is 23.8 Å². The van der Waals surface area contributed by atoms with Gasteiger partial charge in [-0.2, -0.15) is 0 Å². The first kappa shape index (κ1) is 20.3. The smallest absolute Gasteiger partial charge is 0.191 e. The molecule has 0 heterocycles. The van der Waals surface area contributed by atoms with Gasteiger partial charge in [-0.15, -0.1) is 24.0 Å². The van der Waals surface area contributed by atoms with E-state index in [0.29, 0.717) is 13.2 Å². The molecule has 0 aliphatic heterocycles. The van der Waals surface area contributed by atoms with Crippen molar-refractivity contribution in [3.8, 4) is 5.75 Å². The summed E-state index contributed by atoms with van der Waals surface area (Å²) in [5.74, 6) is 1.70. The van der Waals surface area contributed by atoms with Crippen LogP contribution < -0.4 is 15.4 Å². The molecule has 0 unspecified atom stereocenters. The third-order valence-electron chi connectivity index (χ3n) is 3.50. The monoisotopic (exact) mass is 439 g/mol. The molecular weight excluding hydrogens is 413 g/mol. The van der Waals surface area contributed by atoms with Crippen LogP contribution in [0.4, 0.5) is 0 Å². The second kappa shape index (κ2) is 10.9. The predicted molar refractivity (Wildman–Crippen MR) is 111 cm³/mol. The molecule has 2 aromatic carbocycles. The Kier molecular flexibility index (Phi) is 9.22. The summed E-state index contributed by atoms with van der Waals surface area (Å²) in [6.45, 7) is 6.15. The van der Waals surface area contributed by atoms with Crippen LogP contribution in [0.25, 0.3) is 0 Å². The third-order valence-corrected chi connectivity index (χ3v) is 3.50. The molecule has 0 saturated heterocycles. The third kappa shape index (κ3) is 6.39. The Bertz CT molecular complexity index is 644. The summed E-state index contributed by atoms with van der Waals surface area (Å²) in [7, 11) is 1.78. The molecule has 0 aromatic heterocycles. The highest BCUT2D eigenvalue weighted by Crippen LogP contribution is 2.20. The molecule has 130 valence electrons. The van der Waals surface area contributed by atoms with Crippen LogP contribution in [0.3, 0.4) is 0 Å². The van der Waals surface area contributed by atoms with Gasteiger partial charge in [0, 0.05) is 25.7 Å². The van der Waals surface area contributed by atoms with Crippen molar-refractivity contribution in [2.24, 2.45) is 4.99 Å². The van der Waals surface area contributed by atoms with Gasteiger partial charge < -0.3 is 15.4 Å². The molecule has 0 radical (unpaired) electrons. The minimum absolute atomic E-state index is 0. The lowest BCUT2D eigenvalue weighted by Crippen LogP contribution is -2.36. The fourth-order valence-corrected chi connectivity index (χ4v) is 2.28. The van der Waals surface area contributed by atoms with Gasteiger partial charge in [-0.25, -0.2) is 0 Å². The first-order valence-corrected chi connectivity index (χ1v) is 7.93. The zero-order valence-electron chi connectivity index (χ0n) is 14.5. The van der Waals surface area contributed by atoms with Crippen molar-refractivity contribution in [1.82, 2.24) is 10.6 Å². The lowest BCUT2D eigenvalue weighted by Gasteiger charge is -2.15. The van der Waals surface area contributed by atoms with Crippen LogP contribution in [0.2, 0.25) is 0 Å². The fraction of sp³-hybridized carbons (Fsp3) is 0.316. The lowest BCUT2D eigenvalue weighted by atomic mass is 10.1.